The molecular formula is C11H11F2N3O4. The number of nitrogens with two attached hydrogens (primary N) is 1. The highest BCUT2D eigenvalue weighted by atomic mass is 19.2. The summed E-state index contributed by atoms with van der Waals surface area (Å²) in [5.74, 6) is -4.88. The van der Waals surface area contributed by atoms with E-state index in [1.54, 1.807) is 0 Å². The molecule has 1 aromatic rings. The predicted molar refractivity (Wildman–Crippen MR) is 63.7 cm³/mol. The normalized spacial score (nSPS) is 11.5. The second kappa shape index (κ2) is 6.45. The van der Waals surface area contributed by atoms with Crippen LogP contribution in [0, 0.1) is 11.6 Å². The molecule has 0 heterocycles. The van der Waals surface area contributed by atoms with Gasteiger partial charge in [-0.3, -0.25) is 4.79 Å². The molecule has 0 aromatic heterocycles. The Balaban J connectivity index is 2.73. The maximum atomic E-state index is 13.3. The molecule has 0 spiro atoms. The smallest absolute Gasteiger partial charge is 0.326 e. The molecule has 1 aromatic carbocycles. The fraction of sp³-hybridized carbons (Fsp3) is 0.182. The van der Waals surface area contributed by atoms with Gasteiger partial charge in [-0.25, -0.2) is 18.4 Å². The lowest BCUT2D eigenvalue weighted by Crippen LogP contribution is -2.45. The van der Waals surface area contributed by atoms with Gasteiger partial charge in [0, 0.05) is 0 Å². The highest BCUT2D eigenvalue weighted by molar-refractivity contribution is 5.93. The molecule has 0 saturated heterocycles. The number of aliphatic carboxylic acids is 1. The zero-order valence-electron chi connectivity index (χ0n) is 10.0. The van der Waals surface area contributed by atoms with Crippen LogP contribution in [0.15, 0.2) is 18.2 Å². The van der Waals surface area contributed by atoms with E-state index < -0.39 is 47.7 Å². The molecule has 0 unspecified atom stereocenters. The van der Waals surface area contributed by atoms with Gasteiger partial charge in [0.05, 0.1) is 12.1 Å². The summed E-state index contributed by atoms with van der Waals surface area (Å²) in [4.78, 5) is 32.8. The second-order valence-electron chi connectivity index (χ2n) is 3.76. The van der Waals surface area contributed by atoms with Gasteiger partial charge in [-0.2, -0.15) is 0 Å². The minimum atomic E-state index is -1.57. The number of nitrogens with one attached hydrogen (secondary N) is 2. The van der Waals surface area contributed by atoms with E-state index in [4.69, 9.17) is 10.8 Å². The summed E-state index contributed by atoms with van der Waals surface area (Å²) in [5, 5.41) is 12.6. The first-order valence-electron chi connectivity index (χ1n) is 5.34. The Hall–Kier alpha value is -2.71. The number of carbonyl (C=O) groups excluding carboxylic acids is 2. The van der Waals surface area contributed by atoms with Crippen molar-refractivity contribution in [2.24, 2.45) is 5.73 Å². The van der Waals surface area contributed by atoms with Crippen LogP contribution in [-0.2, 0) is 9.59 Å². The van der Waals surface area contributed by atoms with Gasteiger partial charge >= 0.3 is 12.0 Å². The van der Waals surface area contributed by atoms with Crippen molar-refractivity contribution in [3.8, 4) is 0 Å². The number of carboxylic acids is 1. The van der Waals surface area contributed by atoms with Crippen LogP contribution in [0.1, 0.15) is 6.42 Å². The fourth-order valence-electron chi connectivity index (χ4n) is 1.32. The molecule has 3 amide bonds. The number of halogens is 2. The van der Waals surface area contributed by atoms with Crippen molar-refractivity contribution in [2.45, 2.75) is 12.5 Å². The van der Waals surface area contributed by atoms with E-state index in [1.807, 2.05) is 10.6 Å². The van der Waals surface area contributed by atoms with Crippen LogP contribution in [-0.4, -0.2) is 29.1 Å². The van der Waals surface area contributed by atoms with Crippen LogP contribution < -0.4 is 16.4 Å². The summed E-state index contributed by atoms with van der Waals surface area (Å²) in [7, 11) is 0. The quantitative estimate of drug-likeness (QED) is 0.626. The van der Waals surface area contributed by atoms with Crippen molar-refractivity contribution in [2.75, 3.05) is 5.32 Å². The lowest BCUT2D eigenvalue weighted by molar-refractivity contribution is -0.140. The zero-order valence-corrected chi connectivity index (χ0v) is 10.0. The number of urea groups is 1. The Morgan fingerprint density at radius 3 is 2.50 bits per heavy atom. The van der Waals surface area contributed by atoms with Gasteiger partial charge in [-0.15, -0.1) is 0 Å². The van der Waals surface area contributed by atoms with Crippen LogP contribution in [0.3, 0.4) is 0 Å². The Labute approximate surface area is 111 Å². The molecule has 0 aliphatic carbocycles. The van der Waals surface area contributed by atoms with Crippen molar-refractivity contribution >= 4 is 23.6 Å². The first-order valence-corrected chi connectivity index (χ1v) is 5.34. The standard InChI is InChI=1S/C11H11F2N3O4/c12-5-2-1-3-6(9(5)13)15-11(20)16-7(10(18)19)4-8(14)17/h1-3,7H,4H2,(H2,14,17)(H,18,19)(H2,15,16,20)/t7-/m1/s1. The van der Waals surface area contributed by atoms with Crippen LogP contribution in [0.5, 0.6) is 0 Å². The zero-order chi connectivity index (χ0) is 15.3. The number of benzene rings is 1. The summed E-state index contributed by atoms with van der Waals surface area (Å²) in [6, 6.07) is 0.423. The lowest BCUT2D eigenvalue weighted by atomic mass is 10.2. The van der Waals surface area contributed by atoms with Gasteiger partial charge < -0.3 is 21.5 Å². The van der Waals surface area contributed by atoms with E-state index in [0.717, 1.165) is 18.2 Å². The summed E-state index contributed by atoms with van der Waals surface area (Å²) in [6.07, 6.45) is -0.631. The molecule has 0 saturated carbocycles. The van der Waals surface area contributed by atoms with Crippen LogP contribution in [0.25, 0.3) is 0 Å². The van der Waals surface area contributed by atoms with Gasteiger partial charge in [0.1, 0.15) is 6.04 Å². The van der Waals surface area contributed by atoms with Crippen molar-refractivity contribution in [3.05, 3.63) is 29.8 Å². The second-order valence-corrected chi connectivity index (χ2v) is 3.76. The SMILES string of the molecule is NC(=O)C[C@@H](NC(=O)Nc1cccc(F)c1F)C(=O)O. The van der Waals surface area contributed by atoms with Gasteiger partial charge in [0.25, 0.3) is 0 Å². The molecule has 0 fully saturated rings. The average Bonchev–Trinajstić information content (AvgIpc) is 2.33. The van der Waals surface area contributed by atoms with E-state index in [2.05, 4.69) is 0 Å². The highest BCUT2D eigenvalue weighted by Gasteiger charge is 2.22. The first kappa shape index (κ1) is 15.3. The Kier molecular flexibility index (Phi) is 4.95. The number of hydrogen-bond donors (Lipinski definition) is 4. The maximum Gasteiger partial charge on any atom is 0.326 e. The number of hydrogen-bond acceptors (Lipinski definition) is 3. The van der Waals surface area contributed by atoms with Crippen molar-refractivity contribution in [1.29, 1.82) is 0 Å². The summed E-state index contributed by atoms with van der Waals surface area (Å²) in [6.45, 7) is 0. The molecule has 5 N–H and O–H groups in total. The molecule has 0 bridgehead atoms. The van der Waals surface area contributed by atoms with E-state index in [-0.39, 0.29) is 0 Å². The molecule has 7 nitrogen and oxygen atoms in total. The van der Waals surface area contributed by atoms with Crippen molar-refractivity contribution < 1.29 is 28.3 Å². The molecule has 0 aliphatic rings. The van der Waals surface area contributed by atoms with Gasteiger partial charge in [0.2, 0.25) is 5.91 Å². The number of rotatable bonds is 5. The number of anilines is 1. The third-order valence-electron chi connectivity index (χ3n) is 2.21. The average molecular weight is 287 g/mol. The van der Waals surface area contributed by atoms with Crippen molar-refractivity contribution in [1.82, 2.24) is 5.32 Å². The van der Waals surface area contributed by atoms with E-state index in [9.17, 15) is 23.2 Å². The number of amides is 3. The van der Waals surface area contributed by atoms with Gasteiger partial charge in [-0.05, 0) is 12.1 Å². The van der Waals surface area contributed by atoms with Crippen LogP contribution in [0.4, 0.5) is 19.3 Å². The van der Waals surface area contributed by atoms with E-state index in [1.165, 1.54) is 0 Å². The summed E-state index contributed by atoms with van der Waals surface area (Å²) >= 11 is 0. The van der Waals surface area contributed by atoms with Crippen LogP contribution >= 0.6 is 0 Å². The summed E-state index contributed by atoms with van der Waals surface area (Å²) < 4.78 is 26.2. The minimum absolute atomic E-state index is 0.467. The third-order valence-corrected chi connectivity index (χ3v) is 2.21. The summed E-state index contributed by atoms with van der Waals surface area (Å²) in [5.41, 5.74) is 4.35. The topological polar surface area (TPSA) is 122 Å². The minimum Gasteiger partial charge on any atom is -0.480 e. The molecule has 9 heteroatoms. The number of carboxylic acid groups (broad SMARTS) is 1. The largest absolute Gasteiger partial charge is 0.480 e. The molecule has 1 atom stereocenters. The molecule has 0 aliphatic heterocycles. The molecule has 108 valence electrons. The molecule has 0 radical (unpaired) electrons. The van der Waals surface area contributed by atoms with E-state index in [0.29, 0.717) is 0 Å². The van der Waals surface area contributed by atoms with Gasteiger partial charge in [-0.1, -0.05) is 6.07 Å². The third kappa shape index (κ3) is 4.19. The lowest BCUT2D eigenvalue weighted by Gasteiger charge is -2.14. The maximum absolute atomic E-state index is 13.3. The van der Waals surface area contributed by atoms with Gasteiger partial charge in [0.15, 0.2) is 11.6 Å². The van der Waals surface area contributed by atoms with Crippen molar-refractivity contribution in [3.63, 3.8) is 0 Å². The van der Waals surface area contributed by atoms with Crippen LogP contribution in [0.2, 0.25) is 0 Å². The molecular weight excluding hydrogens is 276 g/mol. The van der Waals surface area contributed by atoms with E-state index >= 15 is 0 Å². The fourth-order valence-corrected chi connectivity index (χ4v) is 1.32. The Morgan fingerprint density at radius 2 is 1.95 bits per heavy atom. The monoisotopic (exact) mass is 287 g/mol. The molecule has 1 rings (SSSR count). The predicted octanol–water partition coefficient (Wildman–Crippen LogP) is 0.415. The number of carbonyl (C=O) groups is 3. The number of primary amides is 1. The molecule has 20 heavy (non-hydrogen) atoms. The highest BCUT2D eigenvalue weighted by Crippen LogP contribution is 2.16. The first-order chi connectivity index (χ1) is 9.31. The Morgan fingerprint density at radius 1 is 1.30 bits per heavy atom. The Bertz CT molecular complexity index is 550.